The lowest BCUT2D eigenvalue weighted by molar-refractivity contribution is 0.0999. The molecular weight excluding hydrogens is 272 g/mol. The summed E-state index contributed by atoms with van der Waals surface area (Å²) < 4.78 is 7.24. The van der Waals surface area contributed by atoms with Crippen LogP contribution < -0.4 is 10.5 Å². The van der Waals surface area contributed by atoms with Crippen LogP contribution in [0.4, 0.5) is 0 Å². The number of carbonyl (C=O) groups excluding carboxylic acids is 2. The molecule has 0 radical (unpaired) electrons. The molecule has 0 saturated carbocycles. The number of primary amides is 1. The SMILES string of the molecule is NC(=O)c1cc(Oc2ncccc2C=O)c2nccn2c1. The zero-order chi connectivity index (χ0) is 14.8. The highest BCUT2D eigenvalue weighted by Gasteiger charge is 2.13. The summed E-state index contributed by atoms with van der Waals surface area (Å²) >= 11 is 0. The molecule has 0 aliphatic heterocycles. The smallest absolute Gasteiger partial charge is 0.250 e. The van der Waals surface area contributed by atoms with Crippen molar-refractivity contribution in [3.8, 4) is 11.6 Å². The van der Waals surface area contributed by atoms with Crippen molar-refractivity contribution in [2.75, 3.05) is 0 Å². The molecule has 0 saturated heterocycles. The molecule has 0 unspecified atom stereocenters. The third kappa shape index (κ3) is 2.32. The van der Waals surface area contributed by atoms with Gasteiger partial charge in [-0.2, -0.15) is 0 Å². The Bertz CT molecular complexity index is 841. The van der Waals surface area contributed by atoms with Gasteiger partial charge in [0, 0.05) is 24.8 Å². The fourth-order valence-electron chi connectivity index (χ4n) is 1.89. The minimum Gasteiger partial charge on any atom is -0.434 e. The molecule has 0 aromatic carbocycles. The normalized spacial score (nSPS) is 10.5. The molecular formula is C14H10N4O3. The van der Waals surface area contributed by atoms with Gasteiger partial charge in [-0.3, -0.25) is 9.59 Å². The molecule has 104 valence electrons. The van der Waals surface area contributed by atoms with E-state index in [-0.39, 0.29) is 17.2 Å². The molecule has 0 atom stereocenters. The highest BCUT2D eigenvalue weighted by Crippen LogP contribution is 2.26. The van der Waals surface area contributed by atoms with E-state index in [4.69, 9.17) is 10.5 Å². The first kappa shape index (κ1) is 12.8. The predicted molar refractivity (Wildman–Crippen MR) is 73.4 cm³/mol. The van der Waals surface area contributed by atoms with Crippen LogP contribution >= 0.6 is 0 Å². The molecule has 0 spiro atoms. The number of rotatable bonds is 4. The number of aromatic nitrogens is 3. The van der Waals surface area contributed by atoms with Gasteiger partial charge in [-0.1, -0.05) is 0 Å². The van der Waals surface area contributed by atoms with E-state index in [2.05, 4.69) is 9.97 Å². The van der Waals surface area contributed by atoms with E-state index in [1.807, 2.05) is 0 Å². The number of ether oxygens (including phenoxy) is 1. The standard InChI is InChI=1S/C14H10N4O3/c15-12(20)10-6-11(13-16-4-5-18(13)7-10)21-14-9(8-19)2-1-3-17-14/h1-8H,(H2,15,20). The molecule has 3 aromatic rings. The van der Waals surface area contributed by atoms with Crippen molar-refractivity contribution in [1.29, 1.82) is 0 Å². The Hall–Kier alpha value is -3.22. The van der Waals surface area contributed by atoms with E-state index in [0.29, 0.717) is 17.5 Å². The van der Waals surface area contributed by atoms with Crippen LogP contribution in [0.25, 0.3) is 5.65 Å². The third-order valence-corrected chi connectivity index (χ3v) is 2.87. The highest BCUT2D eigenvalue weighted by molar-refractivity contribution is 5.93. The number of nitrogens with two attached hydrogens (primary N) is 1. The van der Waals surface area contributed by atoms with Crippen molar-refractivity contribution in [1.82, 2.24) is 14.4 Å². The molecule has 0 bridgehead atoms. The lowest BCUT2D eigenvalue weighted by Crippen LogP contribution is -2.12. The first-order chi connectivity index (χ1) is 10.2. The van der Waals surface area contributed by atoms with E-state index >= 15 is 0 Å². The quantitative estimate of drug-likeness (QED) is 0.730. The van der Waals surface area contributed by atoms with Gasteiger partial charge in [-0.15, -0.1) is 0 Å². The second-order valence-electron chi connectivity index (χ2n) is 4.23. The van der Waals surface area contributed by atoms with Crippen LogP contribution in [-0.4, -0.2) is 26.6 Å². The Morgan fingerprint density at radius 3 is 2.95 bits per heavy atom. The lowest BCUT2D eigenvalue weighted by Gasteiger charge is -2.09. The largest absolute Gasteiger partial charge is 0.434 e. The molecule has 0 aliphatic carbocycles. The van der Waals surface area contributed by atoms with Gasteiger partial charge in [0.1, 0.15) is 0 Å². The molecule has 0 fully saturated rings. The highest BCUT2D eigenvalue weighted by atomic mass is 16.5. The molecule has 0 aliphatic rings. The summed E-state index contributed by atoms with van der Waals surface area (Å²) in [5.74, 6) is -0.163. The van der Waals surface area contributed by atoms with Crippen LogP contribution in [0.3, 0.4) is 0 Å². The van der Waals surface area contributed by atoms with Gasteiger partial charge in [-0.05, 0) is 18.2 Å². The fourth-order valence-corrected chi connectivity index (χ4v) is 1.89. The summed E-state index contributed by atoms with van der Waals surface area (Å²) in [6.45, 7) is 0. The van der Waals surface area contributed by atoms with E-state index < -0.39 is 5.91 Å². The van der Waals surface area contributed by atoms with Crippen LogP contribution in [0.5, 0.6) is 11.6 Å². The van der Waals surface area contributed by atoms with Crippen LogP contribution in [0, 0.1) is 0 Å². The second-order valence-corrected chi connectivity index (χ2v) is 4.23. The maximum atomic E-state index is 11.4. The van der Waals surface area contributed by atoms with Gasteiger partial charge in [0.05, 0.1) is 11.1 Å². The number of hydrogen-bond donors (Lipinski definition) is 1. The summed E-state index contributed by atoms with van der Waals surface area (Å²) in [5, 5.41) is 0. The van der Waals surface area contributed by atoms with Crippen LogP contribution in [0.1, 0.15) is 20.7 Å². The number of pyridine rings is 2. The number of hydrogen-bond acceptors (Lipinski definition) is 5. The van der Waals surface area contributed by atoms with Gasteiger partial charge in [0.25, 0.3) is 0 Å². The summed E-state index contributed by atoms with van der Waals surface area (Å²) in [6, 6.07) is 4.67. The number of imidazole rings is 1. The fraction of sp³-hybridized carbons (Fsp3) is 0. The minimum atomic E-state index is -0.591. The molecule has 3 aromatic heterocycles. The Balaban J connectivity index is 2.13. The van der Waals surface area contributed by atoms with Crippen molar-refractivity contribution in [2.24, 2.45) is 5.73 Å². The number of aldehydes is 1. The molecule has 7 nitrogen and oxygen atoms in total. The minimum absolute atomic E-state index is 0.138. The van der Waals surface area contributed by atoms with Gasteiger partial charge < -0.3 is 14.9 Å². The van der Waals surface area contributed by atoms with Crippen molar-refractivity contribution < 1.29 is 14.3 Å². The summed E-state index contributed by atoms with van der Waals surface area (Å²) in [7, 11) is 0. The summed E-state index contributed by atoms with van der Waals surface area (Å²) in [4.78, 5) is 30.5. The summed E-state index contributed by atoms with van der Waals surface area (Å²) in [5.41, 5.74) is 6.34. The molecule has 2 N–H and O–H groups in total. The third-order valence-electron chi connectivity index (χ3n) is 2.87. The van der Waals surface area contributed by atoms with E-state index in [9.17, 15) is 9.59 Å². The number of amides is 1. The number of carbonyl (C=O) groups is 2. The van der Waals surface area contributed by atoms with E-state index in [0.717, 1.165) is 0 Å². The zero-order valence-corrected chi connectivity index (χ0v) is 10.8. The molecule has 7 heteroatoms. The van der Waals surface area contributed by atoms with Crippen LogP contribution in [-0.2, 0) is 0 Å². The van der Waals surface area contributed by atoms with E-state index in [1.54, 1.807) is 35.1 Å². The topological polar surface area (TPSA) is 99.6 Å². The average Bonchev–Trinajstić information content (AvgIpc) is 2.96. The lowest BCUT2D eigenvalue weighted by atomic mass is 10.2. The van der Waals surface area contributed by atoms with Gasteiger partial charge in [0.15, 0.2) is 17.7 Å². The molecule has 3 heterocycles. The first-order valence-electron chi connectivity index (χ1n) is 6.03. The van der Waals surface area contributed by atoms with Crippen molar-refractivity contribution in [3.63, 3.8) is 0 Å². The zero-order valence-electron chi connectivity index (χ0n) is 10.8. The molecule has 21 heavy (non-hydrogen) atoms. The van der Waals surface area contributed by atoms with Crippen LogP contribution in [0.15, 0.2) is 43.0 Å². The molecule has 3 rings (SSSR count). The Kier molecular flexibility index (Phi) is 3.07. The van der Waals surface area contributed by atoms with Gasteiger partial charge in [0.2, 0.25) is 11.8 Å². The number of fused-ring (bicyclic) bond motifs is 1. The monoisotopic (exact) mass is 282 g/mol. The first-order valence-corrected chi connectivity index (χ1v) is 6.03. The second kappa shape index (κ2) is 5.04. The van der Waals surface area contributed by atoms with Crippen molar-refractivity contribution in [3.05, 3.63) is 54.1 Å². The Morgan fingerprint density at radius 1 is 1.33 bits per heavy atom. The predicted octanol–water partition coefficient (Wildman–Crippen LogP) is 1.43. The van der Waals surface area contributed by atoms with Gasteiger partial charge in [-0.25, -0.2) is 9.97 Å². The van der Waals surface area contributed by atoms with Crippen LogP contribution in [0.2, 0.25) is 0 Å². The maximum absolute atomic E-state index is 11.4. The Labute approximate surface area is 119 Å². The Morgan fingerprint density at radius 2 is 2.19 bits per heavy atom. The van der Waals surface area contributed by atoms with E-state index in [1.165, 1.54) is 12.3 Å². The average molecular weight is 282 g/mol. The van der Waals surface area contributed by atoms with Crippen molar-refractivity contribution >= 4 is 17.8 Å². The molecule has 1 amide bonds. The summed E-state index contributed by atoms with van der Waals surface area (Å²) in [6.07, 6.45) is 6.92. The van der Waals surface area contributed by atoms with Gasteiger partial charge >= 0.3 is 0 Å². The maximum Gasteiger partial charge on any atom is 0.250 e. The van der Waals surface area contributed by atoms with Crippen molar-refractivity contribution in [2.45, 2.75) is 0 Å². The number of nitrogens with zero attached hydrogens (tertiary/aromatic N) is 3.